The van der Waals surface area contributed by atoms with Gasteiger partial charge in [-0.1, -0.05) is 11.3 Å². The van der Waals surface area contributed by atoms with Crippen LogP contribution in [0.5, 0.6) is 0 Å². The first-order valence-corrected chi connectivity index (χ1v) is 9.47. The number of hydrogen-bond donors (Lipinski definition) is 1. The van der Waals surface area contributed by atoms with Gasteiger partial charge in [-0.05, 0) is 33.3 Å². The van der Waals surface area contributed by atoms with Gasteiger partial charge in [-0.3, -0.25) is 5.43 Å². The summed E-state index contributed by atoms with van der Waals surface area (Å²) in [4.78, 5) is 18.6. The molecule has 3 aromatic rings. The third-order valence-electron chi connectivity index (χ3n) is 3.87. The Bertz CT molecular complexity index is 863. The molecule has 3 heterocycles. The van der Waals surface area contributed by atoms with Crippen molar-refractivity contribution in [1.29, 1.82) is 0 Å². The molecule has 0 radical (unpaired) electrons. The molecule has 0 aromatic carbocycles. The third kappa shape index (κ3) is 3.25. The molecule has 3 aromatic heterocycles. The van der Waals surface area contributed by atoms with Gasteiger partial charge in [0.2, 0.25) is 0 Å². The van der Waals surface area contributed by atoms with Crippen molar-refractivity contribution < 1.29 is 0 Å². The van der Waals surface area contributed by atoms with Gasteiger partial charge in [0.1, 0.15) is 11.2 Å². The molecule has 0 saturated heterocycles. The highest BCUT2D eigenvalue weighted by molar-refractivity contribution is 7.18. The van der Waals surface area contributed by atoms with Gasteiger partial charge in [0.15, 0.2) is 10.9 Å². The number of aromatic nitrogens is 3. The maximum atomic E-state index is 4.45. The molecule has 24 heavy (non-hydrogen) atoms. The lowest BCUT2D eigenvalue weighted by atomic mass is 10.2. The zero-order chi connectivity index (χ0) is 17.1. The van der Waals surface area contributed by atoms with E-state index in [1.54, 1.807) is 35.2 Å². The number of rotatable bonds is 6. The van der Waals surface area contributed by atoms with E-state index in [9.17, 15) is 0 Å². The van der Waals surface area contributed by atoms with Crippen molar-refractivity contribution in [2.24, 2.45) is 5.10 Å². The number of nitrogens with zero attached hydrogens (tertiary/aromatic N) is 5. The van der Waals surface area contributed by atoms with Crippen LogP contribution in [0.3, 0.4) is 0 Å². The summed E-state index contributed by atoms with van der Waals surface area (Å²) >= 11 is 3.31. The summed E-state index contributed by atoms with van der Waals surface area (Å²) in [5, 5.41) is 6.40. The second kappa shape index (κ2) is 7.23. The minimum absolute atomic E-state index is 0.742. The van der Waals surface area contributed by atoms with Gasteiger partial charge >= 0.3 is 0 Å². The summed E-state index contributed by atoms with van der Waals surface area (Å²) in [5.41, 5.74) is 4.25. The van der Waals surface area contributed by atoms with Gasteiger partial charge in [-0.15, -0.1) is 11.3 Å². The SMILES string of the molecule is CCN(CC)c1ncc(/C=N/Nc2ncnc3sc(C)c(C)c23)s1. The van der Waals surface area contributed by atoms with E-state index in [2.05, 4.69) is 58.1 Å². The summed E-state index contributed by atoms with van der Waals surface area (Å²) in [5.74, 6) is 0.742. The molecule has 0 aliphatic rings. The van der Waals surface area contributed by atoms with Crippen molar-refractivity contribution in [3.63, 3.8) is 0 Å². The summed E-state index contributed by atoms with van der Waals surface area (Å²) in [6.07, 6.45) is 5.20. The number of hydrogen-bond acceptors (Lipinski definition) is 8. The predicted molar refractivity (Wildman–Crippen MR) is 104 cm³/mol. The largest absolute Gasteiger partial charge is 0.349 e. The fourth-order valence-corrected chi connectivity index (χ4v) is 4.31. The van der Waals surface area contributed by atoms with E-state index >= 15 is 0 Å². The molecule has 6 nitrogen and oxygen atoms in total. The molecule has 0 atom stereocenters. The smallest absolute Gasteiger partial charge is 0.185 e. The zero-order valence-electron chi connectivity index (χ0n) is 14.2. The Hall–Kier alpha value is -2.06. The van der Waals surface area contributed by atoms with Crippen LogP contribution in [0.1, 0.15) is 29.2 Å². The van der Waals surface area contributed by atoms with E-state index < -0.39 is 0 Å². The Morgan fingerprint density at radius 1 is 1.17 bits per heavy atom. The van der Waals surface area contributed by atoms with Crippen molar-refractivity contribution in [1.82, 2.24) is 15.0 Å². The molecule has 3 rings (SSSR count). The quantitative estimate of drug-likeness (QED) is 0.530. The second-order valence-electron chi connectivity index (χ2n) is 5.27. The first kappa shape index (κ1) is 16.8. The molecule has 0 aliphatic carbocycles. The average molecular weight is 361 g/mol. The van der Waals surface area contributed by atoms with Gasteiger partial charge in [0, 0.05) is 24.2 Å². The van der Waals surface area contributed by atoms with E-state index in [0.29, 0.717) is 0 Å². The maximum absolute atomic E-state index is 4.45. The molecule has 0 amide bonds. The molecule has 0 unspecified atom stereocenters. The molecule has 1 N–H and O–H groups in total. The Labute approximate surface area is 149 Å². The van der Waals surface area contributed by atoms with Gasteiger partial charge in [-0.25, -0.2) is 15.0 Å². The predicted octanol–water partition coefficient (Wildman–Crippen LogP) is 4.06. The van der Waals surface area contributed by atoms with E-state index in [4.69, 9.17) is 0 Å². The first-order chi connectivity index (χ1) is 11.6. The number of aryl methyl sites for hydroxylation is 2. The lowest BCUT2D eigenvalue weighted by molar-refractivity contribution is 0.860. The lowest BCUT2D eigenvalue weighted by Gasteiger charge is -2.16. The fraction of sp³-hybridized carbons (Fsp3) is 0.375. The van der Waals surface area contributed by atoms with Gasteiger partial charge in [-0.2, -0.15) is 5.10 Å². The van der Waals surface area contributed by atoms with Crippen LogP contribution in [0.4, 0.5) is 10.9 Å². The summed E-state index contributed by atoms with van der Waals surface area (Å²) < 4.78 is 0. The summed E-state index contributed by atoms with van der Waals surface area (Å²) in [6, 6.07) is 0. The number of thiazole rings is 1. The molecular formula is C16H20N6S2. The maximum Gasteiger partial charge on any atom is 0.185 e. The molecule has 0 bridgehead atoms. The Balaban J connectivity index is 1.78. The number of anilines is 2. The second-order valence-corrected chi connectivity index (χ2v) is 7.52. The van der Waals surface area contributed by atoms with Gasteiger partial charge < -0.3 is 4.90 Å². The molecule has 0 saturated carbocycles. The number of nitrogens with one attached hydrogen (secondary N) is 1. The molecular weight excluding hydrogens is 340 g/mol. The third-order valence-corrected chi connectivity index (χ3v) is 5.98. The zero-order valence-corrected chi connectivity index (χ0v) is 15.8. The van der Waals surface area contributed by atoms with Crippen molar-refractivity contribution >= 4 is 50.1 Å². The standard InChI is InChI=1S/C16H20N6S2/c1-5-22(6-2)16-17-7-12(24-16)8-20-21-14-13-10(3)11(4)23-15(13)19-9-18-14/h7-9H,5-6H2,1-4H3,(H,18,19,21)/b20-8+. The van der Waals surface area contributed by atoms with Crippen LogP contribution in [0.2, 0.25) is 0 Å². The van der Waals surface area contributed by atoms with Crippen molar-refractivity contribution in [3.05, 3.63) is 27.8 Å². The monoisotopic (exact) mass is 360 g/mol. The van der Waals surface area contributed by atoms with Crippen molar-refractivity contribution in [3.8, 4) is 0 Å². The number of hydrazone groups is 1. The Kier molecular flexibility index (Phi) is 5.06. The van der Waals surface area contributed by atoms with Crippen molar-refractivity contribution in [2.45, 2.75) is 27.7 Å². The molecule has 0 spiro atoms. The van der Waals surface area contributed by atoms with Gasteiger partial charge in [0.25, 0.3) is 0 Å². The number of thiophene rings is 1. The molecule has 126 valence electrons. The van der Waals surface area contributed by atoms with Crippen LogP contribution >= 0.6 is 22.7 Å². The fourth-order valence-electron chi connectivity index (χ4n) is 2.40. The highest BCUT2D eigenvalue weighted by atomic mass is 32.1. The molecule has 0 aliphatic heterocycles. The van der Waals surface area contributed by atoms with Gasteiger partial charge in [0.05, 0.1) is 16.5 Å². The lowest BCUT2D eigenvalue weighted by Crippen LogP contribution is -2.21. The van der Waals surface area contributed by atoms with Crippen LogP contribution in [0.25, 0.3) is 10.2 Å². The van der Waals surface area contributed by atoms with Crippen LogP contribution < -0.4 is 10.3 Å². The van der Waals surface area contributed by atoms with Crippen LogP contribution in [0, 0.1) is 13.8 Å². The normalized spacial score (nSPS) is 11.5. The van der Waals surface area contributed by atoms with Crippen molar-refractivity contribution in [2.75, 3.05) is 23.4 Å². The van der Waals surface area contributed by atoms with E-state index in [1.807, 2.05) is 6.20 Å². The summed E-state index contributed by atoms with van der Waals surface area (Å²) in [7, 11) is 0. The summed E-state index contributed by atoms with van der Waals surface area (Å²) in [6.45, 7) is 10.4. The molecule has 0 fully saturated rings. The molecule has 8 heteroatoms. The first-order valence-electron chi connectivity index (χ1n) is 7.84. The van der Waals surface area contributed by atoms with E-state index in [-0.39, 0.29) is 0 Å². The van der Waals surface area contributed by atoms with E-state index in [1.165, 1.54) is 10.4 Å². The topological polar surface area (TPSA) is 66.3 Å². The average Bonchev–Trinajstić information content (AvgIpc) is 3.15. The minimum Gasteiger partial charge on any atom is -0.349 e. The Morgan fingerprint density at radius 2 is 1.96 bits per heavy atom. The number of fused-ring (bicyclic) bond motifs is 1. The highest BCUT2D eigenvalue weighted by Crippen LogP contribution is 2.32. The Morgan fingerprint density at radius 3 is 2.71 bits per heavy atom. The van der Waals surface area contributed by atoms with E-state index in [0.717, 1.165) is 39.1 Å². The van der Waals surface area contributed by atoms with Crippen LogP contribution in [-0.4, -0.2) is 34.3 Å². The highest BCUT2D eigenvalue weighted by Gasteiger charge is 2.11. The van der Waals surface area contributed by atoms with Crippen LogP contribution in [-0.2, 0) is 0 Å². The minimum atomic E-state index is 0.742. The van der Waals surface area contributed by atoms with Crippen LogP contribution in [0.15, 0.2) is 17.6 Å².